The number of methoxy groups -OCH3 is 1. The summed E-state index contributed by atoms with van der Waals surface area (Å²) in [6, 6.07) is 27.4. The molecule has 150 valence electrons. The van der Waals surface area contributed by atoms with Gasteiger partial charge in [-0.15, -0.1) is 0 Å². The van der Waals surface area contributed by atoms with E-state index >= 15 is 0 Å². The van der Waals surface area contributed by atoms with Gasteiger partial charge in [-0.3, -0.25) is 4.99 Å². The van der Waals surface area contributed by atoms with Gasteiger partial charge in [0.25, 0.3) is 0 Å². The number of alkyl halides is 1. The van der Waals surface area contributed by atoms with Crippen molar-refractivity contribution in [3.63, 3.8) is 0 Å². The largest absolute Gasteiger partial charge is 0.467 e. The van der Waals surface area contributed by atoms with Gasteiger partial charge in [-0.25, -0.2) is 4.79 Å². The van der Waals surface area contributed by atoms with Crippen LogP contribution in [-0.2, 0) is 21.3 Å². The molecule has 0 aliphatic carbocycles. The van der Waals surface area contributed by atoms with Crippen LogP contribution in [0, 0.1) is 0 Å². The molecule has 0 saturated heterocycles. The van der Waals surface area contributed by atoms with Gasteiger partial charge in [-0.05, 0) is 11.1 Å². The predicted octanol–water partition coefficient (Wildman–Crippen LogP) is 5.26. The molecular weight excluding hydrogens is 445 g/mol. The van der Waals surface area contributed by atoms with Crippen LogP contribution in [0.1, 0.15) is 22.3 Å². The fraction of sp³-hybridized carbons (Fsp3) is 0.167. The predicted molar refractivity (Wildman–Crippen MR) is 128 cm³/mol. The van der Waals surface area contributed by atoms with Gasteiger partial charge >= 0.3 is 5.97 Å². The lowest BCUT2D eigenvalue weighted by Crippen LogP contribution is -2.25. The standard InChI is InChI=1S/C24H22BrNO2.H3P/c1-28-24(27)22(16-18-9-8-10-19(15-18)17-25)26-23(20-11-4-2-5-12-20)21-13-6-3-7-14-21;/h2-15,22H,16-17H2,1H3;1H3/t22-;/m0./s1. The number of hydrogen-bond acceptors (Lipinski definition) is 3. The monoisotopic (exact) mass is 469 g/mol. The molecule has 0 saturated carbocycles. The molecular formula is C24H25BrNO2P. The number of benzene rings is 3. The Balaban J connectivity index is 0.00000300. The molecule has 5 heteroatoms. The van der Waals surface area contributed by atoms with E-state index in [0.717, 1.165) is 33.3 Å². The lowest BCUT2D eigenvalue weighted by Gasteiger charge is -2.15. The van der Waals surface area contributed by atoms with E-state index in [2.05, 4.69) is 22.0 Å². The van der Waals surface area contributed by atoms with Crippen molar-refractivity contribution < 1.29 is 9.53 Å². The Morgan fingerprint density at radius 2 is 1.45 bits per heavy atom. The average molecular weight is 470 g/mol. The van der Waals surface area contributed by atoms with Crippen molar-refractivity contribution >= 4 is 37.5 Å². The van der Waals surface area contributed by atoms with Crippen molar-refractivity contribution in [2.24, 2.45) is 4.99 Å². The Kier molecular flexibility index (Phi) is 9.24. The van der Waals surface area contributed by atoms with Crippen LogP contribution in [-0.4, -0.2) is 24.8 Å². The fourth-order valence-electron chi connectivity index (χ4n) is 3.04. The maximum Gasteiger partial charge on any atom is 0.330 e. The molecule has 0 heterocycles. The van der Waals surface area contributed by atoms with E-state index in [0.29, 0.717) is 6.42 Å². The Morgan fingerprint density at radius 1 is 0.897 bits per heavy atom. The second-order valence-electron chi connectivity index (χ2n) is 6.41. The lowest BCUT2D eigenvalue weighted by atomic mass is 10.00. The Bertz CT molecular complexity index is 904. The highest BCUT2D eigenvalue weighted by Gasteiger charge is 2.21. The molecule has 3 nitrogen and oxygen atoms in total. The number of aliphatic imine (C=N–C) groups is 1. The van der Waals surface area contributed by atoms with Crippen LogP contribution >= 0.6 is 25.8 Å². The summed E-state index contributed by atoms with van der Waals surface area (Å²) in [7, 11) is 1.41. The van der Waals surface area contributed by atoms with Crippen molar-refractivity contribution in [1.29, 1.82) is 0 Å². The molecule has 0 amide bonds. The number of nitrogens with zero attached hydrogens (tertiary/aromatic N) is 1. The molecule has 2 atom stereocenters. The third-order valence-electron chi connectivity index (χ3n) is 4.43. The van der Waals surface area contributed by atoms with Crippen LogP contribution < -0.4 is 0 Å². The van der Waals surface area contributed by atoms with Gasteiger partial charge < -0.3 is 4.74 Å². The third kappa shape index (κ3) is 6.35. The molecule has 0 spiro atoms. The number of halogens is 1. The van der Waals surface area contributed by atoms with Crippen LogP contribution in [0.3, 0.4) is 0 Å². The first kappa shape index (κ1) is 23.0. The SMILES string of the molecule is COC(=O)[C@H](Cc1cccc(CBr)c1)N=C(c1ccccc1)c1ccccc1.P. The number of hydrogen-bond donors (Lipinski definition) is 0. The summed E-state index contributed by atoms with van der Waals surface area (Å²) in [4.78, 5) is 17.4. The molecule has 3 aromatic rings. The fourth-order valence-corrected chi connectivity index (χ4v) is 3.39. The quantitative estimate of drug-likeness (QED) is 0.205. The smallest absolute Gasteiger partial charge is 0.330 e. The Morgan fingerprint density at radius 3 is 1.97 bits per heavy atom. The first-order chi connectivity index (χ1) is 13.7. The zero-order valence-corrected chi connectivity index (χ0v) is 19.4. The Labute approximate surface area is 184 Å². The summed E-state index contributed by atoms with van der Waals surface area (Å²) in [5.41, 5.74) is 4.94. The number of esters is 1. The molecule has 1 unspecified atom stereocenters. The zero-order valence-electron chi connectivity index (χ0n) is 16.4. The van der Waals surface area contributed by atoms with Crippen LogP contribution in [0.25, 0.3) is 0 Å². The normalized spacial score (nSPS) is 11.1. The first-order valence-electron chi connectivity index (χ1n) is 9.11. The van der Waals surface area contributed by atoms with E-state index in [1.165, 1.54) is 7.11 Å². The highest BCUT2D eigenvalue weighted by atomic mass is 79.9. The maximum absolute atomic E-state index is 12.5. The van der Waals surface area contributed by atoms with E-state index in [1.807, 2.05) is 78.9 Å². The van der Waals surface area contributed by atoms with Gasteiger partial charge in [0, 0.05) is 22.9 Å². The zero-order chi connectivity index (χ0) is 19.8. The molecule has 3 rings (SSSR count). The molecule has 3 aromatic carbocycles. The number of carbonyl (C=O) groups excluding carboxylic acids is 1. The van der Waals surface area contributed by atoms with Gasteiger partial charge in [-0.1, -0.05) is 101 Å². The summed E-state index contributed by atoms with van der Waals surface area (Å²) in [5, 5.41) is 0.770. The van der Waals surface area contributed by atoms with Crippen molar-refractivity contribution in [2.45, 2.75) is 17.8 Å². The van der Waals surface area contributed by atoms with Crippen LogP contribution in [0.2, 0.25) is 0 Å². The summed E-state index contributed by atoms with van der Waals surface area (Å²) >= 11 is 3.48. The topological polar surface area (TPSA) is 38.7 Å². The molecule has 0 fully saturated rings. The highest BCUT2D eigenvalue weighted by molar-refractivity contribution is 9.08. The summed E-state index contributed by atoms with van der Waals surface area (Å²) in [5.74, 6) is -0.339. The second-order valence-corrected chi connectivity index (χ2v) is 6.97. The van der Waals surface area contributed by atoms with E-state index in [9.17, 15) is 4.79 Å². The second kappa shape index (κ2) is 11.6. The summed E-state index contributed by atoms with van der Waals surface area (Å²) in [6.07, 6.45) is 0.483. The number of ether oxygens (including phenoxy) is 1. The van der Waals surface area contributed by atoms with Gasteiger partial charge in [0.2, 0.25) is 0 Å². The minimum Gasteiger partial charge on any atom is -0.467 e. The minimum atomic E-state index is -0.619. The maximum atomic E-state index is 12.5. The van der Waals surface area contributed by atoms with E-state index in [1.54, 1.807) is 0 Å². The van der Waals surface area contributed by atoms with Crippen molar-refractivity contribution in [3.8, 4) is 0 Å². The molecule has 29 heavy (non-hydrogen) atoms. The van der Waals surface area contributed by atoms with Gasteiger partial charge in [0.15, 0.2) is 6.04 Å². The molecule has 0 bridgehead atoms. The van der Waals surface area contributed by atoms with E-state index in [4.69, 9.17) is 9.73 Å². The van der Waals surface area contributed by atoms with E-state index in [-0.39, 0.29) is 15.9 Å². The van der Waals surface area contributed by atoms with Gasteiger partial charge in [-0.2, -0.15) is 9.90 Å². The summed E-state index contributed by atoms with van der Waals surface area (Å²) < 4.78 is 5.06. The van der Waals surface area contributed by atoms with Crippen LogP contribution in [0.15, 0.2) is 89.9 Å². The number of rotatable bonds is 7. The van der Waals surface area contributed by atoms with E-state index < -0.39 is 6.04 Å². The van der Waals surface area contributed by atoms with Gasteiger partial charge in [0.1, 0.15) is 0 Å². The Hall–Kier alpha value is -2.29. The molecule has 0 N–H and O–H groups in total. The van der Waals surface area contributed by atoms with Gasteiger partial charge in [0.05, 0.1) is 12.8 Å². The highest BCUT2D eigenvalue weighted by Crippen LogP contribution is 2.17. The first-order valence-corrected chi connectivity index (χ1v) is 10.2. The molecule has 0 aliphatic heterocycles. The molecule has 0 aliphatic rings. The average Bonchev–Trinajstić information content (AvgIpc) is 2.77. The molecule has 0 aromatic heterocycles. The van der Waals surface area contributed by atoms with Crippen LogP contribution in [0.4, 0.5) is 0 Å². The van der Waals surface area contributed by atoms with Crippen LogP contribution in [0.5, 0.6) is 0 Å². The van der Waals surface area contributed by atoms with Crippen molar-refractivity contribution in [3.05, 3.63) is 107 Å². The lowest BCUT2D eigenvalue weighted by molar-refractivity contribution is -0.142. The third-order valence-corrected chi connectivity index (χ3v) is 5.07. The van der Waals surface area contributed by atoms with Crippen molar-refractivity contribution in [2.75, 3.05) is 7.11 Å². The molecule has 0 radical (unpaired) electrons. The minimum absolute atomic E-state index is 0. The number of carbonyl (C=O) groups is 1. The summed E-state index contributed by atoms with van der Waals surface area (Å²) in [6.45, 7) is 0. The van der Waals surface area contributed by atoms with Crippen molar-refractivity contribution in [1.82, 2.24) is 0 Å².